The van der Waals surface area contributed by atoms with Crippen molar-refractivity contribution in [2.45, 2.75) is 13.8 Å². The molecule has 0 bridgehead atoms. The summed E-state index contributed by atoms with van der Waals surface area (Å²) >= 11 is 0. The van der Waals surface area contributed by atoms with E-state index in [4.69, 9.17) is 0 Å². The van der Waals surface area contributed by atoms with Crippen LogP contribution in [0.15, 0.2) is 42.6 Å². The summed E-state index contributed by atoms with van der Waals surface area (Å²) in [5.41, 5.74) is 3.61. The van der Waals surface area contributed by atoms with E-state index in [0.29, 0.717) is 0 Å². The fourth-order valence-electron chi connectivity index (χ4n) is 2.15. The number of hydrogen-bond acceptors (Lipinski definition) is 1. The number of rotatable bonds is 0. The van der Waals surface area contributed by atoms with Crippen molar-refractivity contribution in [3.63, 3.8) is 0 Å². The molecule has 0 N–H and O–H groups in total. The van der Waals surface area contributed by atoms with Gasteiger partial charge in [0, 0.05) is 17.0 Å². The van der Waals surface area contributed by atoms with Gasteiger partial charge in [-0.2, -0.15) is 0 Å². The minimum Gasteiger partial charge on any atom is -0.256 e. The molecular formula is C15H13N. The van der Waals surface area contributed by atoms with Gasteiger partial charge in [0.1, 0.15) is 0 Å². The molecule has 2 aromatic carbocycles. The molecule has 3 rings (SSSR count). The summed E-state index contributed by atoms with van der Waals surface area (Å²) in [6.07, 6.45) is 1.96. The molecule has 3 aromatic rings. The molecular weight excluding hydrogens is 194 g/mol. The molecule has 0 fully saturated rings. The van der Waals surface area contributed by atoms with Crippen molar-refractivity contribution in [3.8, 4) is 0 Å². The first-order valence-corrected chi connectivity index (χ1v) is 5.50. The molecule has 1 aromatic heterocycles. The highest BCUT2D eigenvalue weighted by atomic mass is 14.6. The third kappa shape index (κ3) is 1.36. The SMILES string of the molecule is Cc1ccc2c(cnc3cc(C)ccc32)c1. The van der Waals surface area contributed by atoms with E-state index < -0.39 is 0 Å². The molecule has 16 heavy (non-hydrogen) atoms. The number of fused-ring (bicyclic) bond motifs is 3. The zero-order chi connectivity index (χ0) is 11.1. The quantitative estimate of drug-likeness (QED) is 0.508. The molecule has 0 radical (unpaired) electrons. The molecule has 0 aliphatic carbocycles. The summed E-state index contributed by atoms with van der Waals surface area (Å²) in [5.74, 6) is 0. The van der Waals surface area contributed by atoms with Gasteiger partial charge in [0.05, 0.1) is 5.52 Å². The van der Waals surface area contributed by atoms with E-state index in [9.17, 15) is 0 Å². The Kier molecular flexibility index (Phi) is 1.93. The summed E-state index contributed by atoms with van der Waals surface area (Å²) in [6.45, 7) is 4.21. The summed E-state index contributed by atoms with van der Waals surface area (Å²) in [5, 5.41) is 3.75. The maximum Gasteiger partial charge on any atom is 0.0711 e. The van der Waals surface area contributed by atoms with Gasteiger partial charge < -0.3 is 0 Å². The second kappa shape index (κ2) is 3.31. The van der Waals surface area contributed by atoms with Gasteiger partial charge in [0.25, 0.3) is 0 Å². The number of nitrogens with zero attached hydrogens (tertiary/aromatic N) is 1. The van der Waals surface area contributed by atoms with Gasteiger partial charge in [0.15, 0.2) is 0 Å². The topological polar surface area (TPSA) is 12.9 Å². The average molecular weight is 207 g/mol. The Balaban J connectivity index is 2.50. The monoisotopic (exact) mass is 207 g/mol. The lowest BCUT2D eigenvalue weighted by Crippen LogP contribution is -1.84. The second-order valence-corrected chi connectivity index (χ2v) is 4.37. The maximum absolute atomic E-state index is 4.51. The number of benzene rings is 2. The fourth-order valence-corrected chi connectivity index (χ4v) is 2.15. The van der Waals surface area contributed by atoms with Gasteiger partial charge in [-0.15, -0.1) is 0 Å². The van der Waals surface area contributed by atoms with Crippen LogP contribution in [0.5, 0.6) is 0 Å². The summed E-state index contributed by atoms with van der Waals surface area (Å²) in [6, 6.07) is 13.0. The molecule has 0 atom stereocenters. The van der Waals surface area contributed by atoms with Crippen LogP contribution < -0.4 is 0 Å². The number of aryl methyl sites for hydroxylation is 2. The Morgan fingerprint density at radius 3 is 2.31 bits per heavy atom. The van der Waals surface area contributed by atoms with E-state index in [2.05, 4.69) is 55.2 Å². The van der Waals surface area contributed by atoms with Gasteiger partial charge in [-0.25, -0.2) is 0 Å². The van der Waals surface area contributed by atoms with Crippen molar-refractivity contribution in [3.05, 3.63) is 53.7 Å². The van der Waals surface area contributed by atoms with E-state index >= 15 is 0 Å². The molecule has 1 heterocycles. The van der Waals surface area contributed by atoms with Gasteiger partial charge >= 0.3 is 0 Å². The maximum atomic E-state index is 4.51. The van der Waals surface area contributed by atoms with Gasteiger partial charge in [0.2, 0.25) is 0 Å². The minimum absolute atomic E-state index is 1.08. The molecule has 0 spiro atoms. The Morgan fingerprint density at radius 2 is 1.50 bits per heavy atom. The lowest BCUT2D eigenvalue weighted by atomic mass is 10.0. The normalized spacial score (nSPS) is 11.1. The Bertz CT molecular complexity index is 623. The first kappa shape index (κ1) is 9.34. The van der Waals surface area contributed by atoms with Crippen molar-refractivity contribution in [2.24, 2.45) is 0 Å². The van der Waals surface area contributed by atoms with Crippen LogP contribution in [0.25, 0.3) is 21.7 Å². The van der Waals surface area contributed by atoms with Crippen LogP contribution in [0.1, 0.15) is 11.1 Å². The third-order valence-corrected chi connectivity index (χ3v) is 2.99. The Labute approximate surface area is 94.7 Å². The molecule has 0 saturated carbocycles. The average Bonchev–Trinajstić information content (AvgIpc) is 2.28. The summed E-state index contributed by atoms with van der Waals surface area (Å²) in [4.78, 5) is 4.51. The Morgan fingerprint density at radius 1 is 0.812 bits per heavy atom. The van der Waals surface area contributed by atoms with Crippen LogP contribution in [0, 0.1) is 13.8 Å². The Hall–Kier alpha value is -1.89. The van der Waals surface area contributed by atoms with Crippen LogP contribution >= 0.6 is 0 Å². The molecule has 1 nitrogen and oxygen atoms in total. The highest BCUT2D eigenvalue weighted by molar-refractivity contribution is 6.05. The van der Waals surface area contributed by atoms with Crippen molar-refractivity contribution in [1.29, 1.82) is 0 Å². The predicted molar refractivity (Wildman–Crippen MR) is 68.7 cm³/mol. The van der Waals surface area contributed by atoms with E-state index in [1.165, 1.54) is 27.3 Å². The van der Waals surface area contributed by atoms with Crippen LogP contribution in [0.3, 0.4) is 0 Å². The molecule has 0 aliphatic rings. The van der Waals surface area contributed by atoms with Crippen molar-refractivity contribution < 1.29 is 0 Å². The van der Waals surface area contributed by atoms with Crippen LogP contribution in [-0.4, -0.2) is 4.98 Å². The molecule has 0 aliphatic heterocycles. The van der Waals surface area contributed by atoms with Gasteiger partial charge in [-0.05, 0) is 36.9 Å². The second-order valence-electron chi connectivity index (χ2n) is 4.37. The standard InChI is InChI=1S/C15H13N/c1-10-3-5-13-12(7-10)9-16-15-8-11(2)4-6-14(13)15/h3-9H,1-2H3. The largest absolute Gasteiger partial charge is 0.256 e. The number of pyridine rings is 1. The smallest absolute Gasteiger partial charge is 0.0711 e. The third-order valence-electron chi connectivity index (χ3n) is 2.99. The minimum atomic E-state index is 1.08. The van der Waals surface area contributed by atoms with Gasteiger partial charge in [-0.3, -0.25) is 4.98 Å². The summed E-state index contributed by atoms with van der Waals surface area (Å²) < 4.78 is 0. The lowest BCUT2D eigenvalue weighted by molar-refractivity contribution is 1.40. The first-order valence-electron chi connectivity index (χ1n) is 5.50. The zero-order valence-corrected chi connectivity index (χ0v) is 9.49. The molecule has 0 unspecified atom stereocenters. The fraction of sp³-hybridized carbons (Fsp3) is 0.133. The van der Waals surface area contributed by atoms with E-state index in [1.54, 1.807) is 0 Å². The van der Waals surface area contributed by atoms with Gasteiger partial charge in [-0.1, -0.05) is 29.8 Å². The predicted octanol–water partition coefficient (Wildman–Crippen LogP) is 4.00. The number of hydrogen-bond donors (Lipinski definition) is 0. The van der Waals surface area contributed by atoms with Crippen molar-refractivity contribution >= 4 is 21.7 Å². The molecule has 1 heteroatoms. The summed E-state index contributed by atoms with van der Waals surface area (Å²) in [7, 11) is 0. The molecule has 0 saturated heterocycles. The first-order chi connectivity index (χ1) is 7.74. The van der Waals surface area contributed by atoms with Crippen LogP contribution in [-0.2, 0) is 0 Å². The van der Waals surface area contributed by atoms with E-state index in [0.717, 1.165) is 5.52 Å². The zero-order valence-electron chi connectivity index (χ0n) is 9.49. The van der Waals surface area contributed by atoms with E-state index in [1.807, 2.05) is 6.20 Å². The van der Waals surface area contributed by atoms with Crippen molar-refractivity contribution in [1.82, 2.24) is 4.98 Å². The van der Waals surface area contributed by atoms with Crippen LogP contribution in [0.4, 0.5) is 0 Å². The van der Waals surface area contributed by atoms with Crippen LogP contribution in [0.2, 0.25) is 0 Å². The highest BCUT2D eigenvalue weighted by Crippen LogP contribution is 2.24. The highest BCUT2D eigenvalue weighted by Gasteiger charge is 2.01. The molecule has 78 valence electrons. The number of aromatic nitrogens is 1. The lowest BCUT2D eigenvalue weighted by Gasteiger charge is -2.04. The van der Waals surface area contributed by atoms with E-state index in [-0.39, 0.29) is 0 Å². The molecule has 0 amide bonds. The van der Waals surface area contributed by atoms with Crippen molar-refractivity contribution in [2.75, 3.05) is 0 Å².